The standard InChI is InChI=1S/C4H7N2O4/c1-2-3-4(5(7)8)6(9)10/h2,4H,3H2,1H3. The van der Waals surface area contributed by atoms with Gasteiger partial charge < -0.3 is 0 Å². The van der Waals surface area contributed by atoms with Gasteiger partial charge in [0.1, 0.15) is 0 Å². The van der Waals surface area contributed by atoms with Crippen molar-refractivity contribution in [3.05, 3.63) is 26.6 Å². The fourth-order valence-corrected chi connectivity index (χ4v) is 0.460. The van der Waals surface area contributed by atoms with Gasteiger partial charge in [0.2, 0.25) is 0 Å². The average molecular weight is 147 g/mol. The summed E-state index contributed by atoms with van der Waals surface area (Å²) in [6.07, 6.45) is -0.402. The van der Waals surface area contributed by atoms with Crippen molar-refractivity contribution in [2.45, 2.75) is 19.5 Å². The zero-order valence-corrected chi connectivity index (χ0v) is 5.39. The molecule has 0 rings (SSSR count). The Bertz CT molecular complexity index is 132. The number of nitro groups is 2. The quantitative estimate of drug-likeness (QED) is 0.328. The molecule has 0 aliphatic heterocycles. The highest BCUT2D eigenvalue weighted by Gasteiger charge is 2.30. The van der Waals surface area contributed by atoms with Crippen LogP contribution in [0.2, 0.25) is 0 Å². The van der Waals surface area contributed by atoms with Crippen LogP contribution in [0.15, 0.2) is 0 Å². The van der Waals surface area contributed by atoms with Crippen LogP contribution >= 0.6 is 0 Å². The molecule has 0 spiro atoms. The molecule has 0 aliphatic rings. The second-order valence-corrected chi connectivity index (χ2v) is 1.70. The molecule has 57 valence electrons. The summed E-state index contributed by atoms with van der Waals surface area (Å²) in [6, 6.07) is 0. The summed E-state index contributed by atoms with van der Waals surface area (Å²) in [5.41, 5.74) is 0. The largest absolute Gasteiger partial charge is 0.451 e. The van der Waals surface area contributed by atoms with Crippen molar-refractivity contribution in [3.8, 4) is 0 Å². The molecule has 10 heavy (non-hydrogen) atoms. The van der Waals surface area contributed by atoms with Crippen LogP contribution in [-0.2, 0) is 0 Å². The molecule has 0 amide bonds. The first-order valence-corrected chi connectivity index (χ1v) is 2.64. The van der Waals surface area contributed by atoms with Crippen molar-refractivity contribution < 1.29 is 9.85 Å². The lowest BCUT2D eigenvalue weighted by molar-refractivity contribution is -0.741. The third kappa shape index (κ3) is 2.38. The molecular formula is C4H7N2O4. The highest BCUT2D eigenvalue weighted by molar-refractivity contribution is 4.56. The zero-order chi connectivity index (χ0) is 8.15. The monoisotopic (exact) mass is 147 g/mol. The zero-order valence-electron chi connectivity index (χ0n) is 5.39. The number of nitrogens with zero attached hydrogens (tertiary/aromatic N) is 2. The van der Waals surface area contributed by atoms with E-state index < -0.39 is 16.0 Å². The predicted molar refractivity (Wildman–Crippen MR) is 32.4 cm³/mol. The van der Waals surface area contributed by atoms with E-state index in [1.807, 2.05) is 0 Å². The first kappa shape index (κ1) is 8.80. The van der Waals surface area contributed by atoms with E-state index in [0.717, 1.165) is 0 Å². The van der Waals surface area contributed by atoms with Gasteiger partial charge in [-0.1, -0.05) is 6.92 Å². The summed E-state index contributed by atoms with van der Waals surface area (Å²) in [7, 11) is 0. The molecule has 0 saturated carbocycles. The van der Waals surface area contributed by atoms with Gasteiger partial charge in [0.25, 0.3) is 0 Å². The number of hydrogen-bond acceptors (Lipinski definition) is 4. The molecule has 6 heteroatoms. The van der Waals surface area contributed by atoms with Gasteiger partial charge in [0.05, 0.1) is 16.3 Å². The predicted octanol–water partition coefficient (Wildman–Crippen LogP) is 0.480. The Balaban J connectivity index is 3.98. The first-order valence-electron chi connectivity index (χ1n) is 2.64. The van der Waals surface area contributed by atoms with E-state index in [1.165, 1.54) is 6.42 Å². The van der Waals surface area contributed by atoms with E-state index in [2.05, 4.69) is 0 Å². The van der Waals surface area contributed by atoms with Gasteiger partial charge in [-0.15, -0.1) is 0 Å². The fourth-order valence-electron chi connectivity index (χ4n) is 0.460. The smallest absolute Gasteiger partial charge is 0.259 e. The Morgan fingerprint density at radius 3 is 1.90 bits per heavy atom. The third-order valence-electron chi connectivity index (χ3n) is 0.933. The summed E-state index contributed by atoms with van der Waals surface area (Å²) in [6.45, 7) is 1.54. The Morgan fingerprint density at radius 1 is 1.40 bits per heavy atom. The third-order valence-corrected chi connectivity index (χ3v) is 0.933. The average Bonchev–Trinajstić information content (AvgIpc) is 1.81. The highest BCUT2D eigenvalue weighted by atomic mass is 16.7. The van der Waals surface area contributed by atoms with Crippen molar-refractivity contribution in [2.75, 3.05) is 0 Å². The van der Waals surface area contributed by atoms with E-state index in [-0.39, 0.29) is 6.42 Å². The van der Waals surface area contributed by atoms with Gasteiger partial charge in [0.15, 0.2) is 0 Å². The maximum atomic E-state index is 9.87. The Labute approximate surface area is 57.1 Å². The van der Waals surface area contributed by atoms with Crippen molar-refractivity contribution in [3.63, 3.8) is 0 Å². The molecule has 0 aromatic heterocycles. The lowest BCUT2D eigenvalue weighted by atomic mass is 10.3. The number of rotatable bonds is 4. The van der Waals surface area contributed by atoms with Crippen LogP contribution in [0, 0.1) is 26.6 Å². The Kier molecular flexibility index (Phi) is 3.30. The van der Waals surface area contributed by atoms with E-state index in [9.17, 15) is 20.2 Å². The van der Waals surface area contributed by atoms with Crippen LogP contribution in [-0.4, -0.2) is 16.0 Å². The van der Waals surface area contributed by atoms with Crippen molar-refractivity contribution in [1.29, 1.82) is 0 Å². The van der Waals surface area contributed by atoms with E-state index in [4.69, 9.17) is 0 Å². The Hall–Kier alpha value is -1.20. The van der Waals surface area contributed by atoms with Gasteiger partial charge in [0, 0.05) is 0 Å². The first-order chi connectivity index (χ1) is 4.59. The van der Waals surface area contributed by atoms with Crippen LogP contribution in [0.4, 0.5) is 0 Å². The second-order valence-electron chi connectivity index (χ2n) is 1.70. The van der Waals surface area contributed by atoms with Crippen molar-refractivity contribution in [2.24, 2.45) is 0 Å². The molecule has 6 nitrogen and oxygen atoms in total. The topological polar surface area (TPSA) is 86.3 Å². The van der Waals surface area contributed by atoms with Crippen molar-refractivity contribution >= 4 is 0 Å². The number of hydrogen-bond donors (Lipinski definition) is 0. The van der Waals surface area contributed by atoms with E-state index in [1.54, 1.807) is 6.92 Å². The summed E-state index contributed by atoms with van der Waals surface area (Å²) in [5.74, 6) is 0. The molecule has 0 atom stereocenters. The van der Waals surface area contributed by atoms with Crippen LogP contribution in [0.25, 0.3) is 0 Å². The molecule has 0 aromatic carbocycles. The van der Waals surface area contributed by atoms with E-state index >= 15 is 0 Å². The summed E-state index contributed by atoms with van der Waals surface area (Å²) < 4.78 is 0. The van der Waals surface area contributed by atoms with Crippen molar-refractivity contribution in [1.82, 2.24) is 0 Å². The summed E-state index contributed by atoms with van der Waals surface area (Å²) in [5, 5.41) is 19.7. The molecule has 0 aromatic rings. The molecule has 0 bridgehead atoms. The van der Waals surface area contributed by atoms with Crippen LogP contribution in [0.5, 0.6) is 0 Å². The molecule has 1 radical (unpaired) electrons. The Morgan fingerprint density at radius 2 is 1.80 bits per heavy atom. The minimum atomic E-state index is -1.68. The summed E-state index contributed by atoms with van der Waals surface area (Å²) >= 11 is 0. The maximum Gasteiger partial charge on any atom is 0.451 e. The molecule has 0 heterocycles. The van der Waals surface area contributed by atoms with Gasteiger partial charge >= 0.3 is 6.17 Å². The molecule has 0 fully saturated rings. The van der Waals surface area contributed by atoms with Crippen LogP contribution < -0.4 is 0 Å². The minimum absolute atomic E-state index is 0.125. The molecule has 0 aliphatic carbocycles. The molecule has 0 saturated heterocycles. The van der Waals surface area contributed by atoms with Gasteiger partial charge in [-0.2, -0.15) is 0 Å². The second kappa shape index (κ2) is 3.76. The van der Waals surface area contributed by atoms with Gasteiger partial charge in [-0.05, 0) is 6.42 Å². The molecule has 0 unspecified atom stereocenters. The minimum Gasteiger partial charge on any atom is -0.259 e. The lowest BCUT2D eigenvalue weighted by Crippen LogP contribution is -2.28. The summed E-state index contributed by atoms with van der Waals surface area (Å²) in [4.78, 5) is 17.9. The fraction of sp³-hybridized carbons (Fsp3) is 0.750. The van der Waals surface area contributed by atoms with Crippen LogP contribution in [0.3, 0.4) is 0 Å². The SMILES string of the molecule is C[CH]CC([N+](=O)[O-])[N+](=O)[O-]. The molecular weight excluding hydrogens is 140 g/mol. The van der Waals surface area contributed by atoms with E-state index in [0.29, 0.717) is 0 Å². The van der Waals surface area contributed by atoms with Gasteiger partial charge in [-0.25, -0.2) is 0 Å². The lowest BCUT2D eigenvalue weighted by Gasteiger charge is -1.97. The maximum absolute atomic E-state index is 9.87. The van der Waals surface area contributed by atoms with Gasteiger partial charge in [-0.3, -0.25) is 20.2 Å². The van der Waals surface area contributed by atoms with Crippen LogP contribution in [0.1, 0.15) is 13.3 Å². The molecule has 0 N–H and O–H groups in total. The highest BCUT2D eigenvalue weighted by Crippen LogP contribution is 1.99. The normalized spacial score (nSPS) is 9.80.